The zero-order valence-electron chi connectivity index (χ0n) is 10.9. The molecule has 6 nitrogen and oxygen atoms in total. The minimum Gasteiger partial charge on any atom is -0.480 e. The van der Waals surface area contributed by atoms with Crippen molar-refractivity contribution in [1.82, 2.24) is 9.88 Å². The first-order valence-corrected chi connectivity index (χ1v) is 6.77. The molecule has 0 spiro atoms. The molecule has 2 amide bonds. The van der Waals surface area contributed by atoms with E-state index < -0.39 is 31.3 Å². The molecule has 0 unspecified atom stereocenters. The van der Waals surface area contributed by atoms with Crippen molar-refractivity contribution in [3.63, 3.8) is 0 Å². The van der Waals surface area contributed by atoms with Crippen molar-refractivity contribution < 1.29 is 27.9 Å². The average molecular weight is 333 g/mol. The summed E-state index contributed by atoms with van der Waals surface area (Å²) >= 11 is 1.02. The highest BCUT2D eigenvalue weighted by Crippen LogP contribution is 2.16. The molecule has 0 saturated carbocycles. The number of aromatic nitrogens is 1. The van der Waals surface area contributed by atoms with Crippen molar-refractivity contribution >= 4 is 33.6 Å². The zero-order valence-corrected chi connectivity index (χ0v) is 11.7. The molecule has 0 saturated heterocycles. The third-order valence-corrected chi connectivity index (χ3v) is 3.58. The van der Waals surface area contributed by atoms with Gasteiger partial charge in [0.1, 0.15) is 13.1 Å². The van der Waals surface area contributed by atoms with E-state index in [0.717, 1.165) is 11.3 Å². The summed E-state index contributed by atoms with van der Waals surface area (Å²) in [7, 11) is 0. The lowest BCUT2D eigenvalue weighted by molar-refractivity contribution is -0.137. The van der Waals surface area contributed by atoms with E-state index in [1.165, 1.54) is 4.57 Å². The molecule has 0 aliphatic rings. The number of hydrogen-bond acceptors (Lipinski definition) is 3. The molecule has 1 heterocycles. The Bertz CT molecular complexity index is 779. The predicted molar refractivity (Wildman–Crippen MR) is 72.5 cm³/mol. The van der Waals surface area contributed by atoms with Crippen LogP contribution in [0.5, 0.6) is 0 Å². The number of nitrogens with zero attached hydrogens (tertiary/aromatic N) is 2. The number of hydrogen-bond donors (Lipinski definition) is 2. The highest BCUT2D eigenvalue weighted by Gasteiger charge is 2.27. The van der Waals surface area contributed by atoms with Crippen LogP contribution in [0.2, 0.25) is 0 Å². The van der Waals surface area contributed by atoms with Crippen LogP contribution < -0.4 is 10.1 Å². The lowest BCUT2D eigenvalue weighted by Gasteiger charge is -2.05. The van der Waals surface area contributed by atoms with Crippen molar-refractivity contribution in [2.24, 2.45) is 4.99 Å². The number of aliphatic carboxylic acids is 1. The number of alkyl halides is 3. The molecule has 0 atom stereocenters. The number of para-hydroxylation sites is 1. The minimum absolute atomic E-state index is 0.0169. The highest BCUT2D eigenvalue weighted by molar-refractivity contribution is 7.16. The number of fused-ring (bicyclic) bond motifs is 1. The van der Waals surface area contributed by atoms with E-state index >= 15 is 0 Å². The number of thiazole rings is 1. The summed E-state index contributed by atoms with van der Waals surface area (Å²) in [6.45, 7) is -1.95. The number of benzene rings is 1. The van der Waals surface area contributed by atoms with E-state index in [1.54, 1.807) is 29.6 Å². The van der Waals surface area contributed by atoms with Gasteiger partial charge >= 0.3 is 18.2 Å². The van der Waals surface area contributed by atoms with Gasteiger partial charge in [-0.2, -0.15) is 18.2 Å². The molecular weight excluding hydrogens is 323 g/mol. The predicted octanol–water partition coefficient (Wildman–Crippen LogP) is 1.96. The first-order valence-electron chi connectivity index (χ1n) is 5.96. The summed E-state index contributed by atoms with van der Waals surface area (Å²) in [5.74, 6) is -1.15. The topological polar surface area (TPSA) is 83.7 Å². The number of urea groups is 1. The zero-order chi connectivity index (χ0) is 16.3. The summed E-state index contributed by atoms with van der Waals surface area (Å²) < 4.78 is 38.0. The molecule has 2 N–H and O–H groups in total. The maximum Gasteiger partial charge on any atom is 0.405 e. The second-order valence-corrected chi connectivity index (χ2v) is 5.23. The smallest absolute Gasteiger partial charge is 0.405 e. The van der Waals surface area contributed by atoms with Crippen LogP contribution in [-0.4, -0.2) is 34.4 Å². The van der Waals surface area contributed by atoms with Crippen molar-refractivity contribution in [2.75, 3.05) is 6.54 Å². The molecule has 118 valence electrons. The summed E-state index contributed by atoms with van der Waals surface area (Å²) in [6.07, 6.45) is -4.54. The van der Waals surface area contributed by atoms with Gasteiger partial charge in [-0.3, -0.25) is 4.79 Å². The number of nitrogens with one attached hydrogen (secondary N) is 1. The summed E-state index contributed by atoms with van der Waals surface area (Å²) in [5.41, 5.74) is 0.539. The Morgan fingerprint density at radius 3 is 2.64 bits per heavy atom. The van der Waals surface area contributed by atoms with Gasteiger partial charge in [-0.1, -0.05) is 23.5 Å². The summed E-state index contributed by atoms with van der Waals surface area (Å²) in [4.78, 5) is 25.9. The Morgan fingerprint density at radius 1 is 1.32 bits per heavy atom. The number of carboxylic acids is 1. The van der Waals surface area contributed by atoms with Crippen molar-refractivity contribution in [3.05, 3.63) is 29.1 Å². The van der Waals surface area contributed by atoms with Gasteiger partial charge in [0, 0.05) is 0 Å². The van der Waals surface area contributed by atoms with E-state index in [2.05, 4.69) is 4.99 Å². The van der Waals surface area contributed by atoms with Crippen LogP contribution in [0, 0.1) is 0 Å². The molecule has 1 aromatic heterocycles. The Morgan fingerprint density at radius 2 is 2.00 bits per heavy atom. The number of amides is 2. The van der Waals surface area contributed by atoms with Gasteiger partial charge in [-0.15, -0.1) is 0 Å². The van der Waals surface area contributed by atoms with E-state index in [4.69, 9.17) is 5.11 Å². The van der Waals surface area contributed by atoms with Gasteiger partial charge in [0.25, 0.3) is 0 Å². The molecule has 0 bridgehead atoms. The molecule has 2 aromatic rings. The summed E-state index contributed by atoms with van der Waals surface area (Å²) in [5, 5.41) is 10.5. The van der Waals surface area contributed by atoms with Crippen LogP contribution in [-0.2, 0) is 11.3 Å². The molecule has 2 rings (SSSR count). The van der Waals surface area contributed by atoms with Crippen LogP contribution in [0.15, 0.2) is 29.3 Å². The van der Waals surface area contributed by atoms with Crippen molar-refractivity contribution in [2.45, 2.75) is 12.7 Å². The fourth-order valence-electron chi connectivity index (χ4n) is 1.70. The monoisotopic (exact) mass is 333 g/mol. The third kappa shape index (κ3) is 4.07. The van der Waals surface area contributed by atoms with Gasteiger partial charge < -0.3 is 15.0 Å². The number of rotatable bonds is 3. The number of carbonyl (C=O) groups excluding carboxylic acids is 1. The first kappa shape index (κ1) is 16.0. The van der Waals surface area contributed by atoms with Gasteiger partial charge in [0.05, 0.1) is 10.2 Å². The highest BCUT2D eigenvalue weighted by atomic mass is 32.1. The first-order chi connectivity index (χ1) is 10.3. The molecule has 0 aliphatic heterocycles. The maximum absolute atomic E-state index is 12.0. The third-order valence-electron chi connectivity index (χ3n) is 2.52. The number of carbonyl (C=O) groups is 2. The normalized spacial score (nSPS) is 12.6. The van der Waals surface area contributed by atoms with Crippen molar-refractivity contribution in [1.29, 1.82) is 0 Å². The second kappa shape index (κ2) is 6.18. The van der Waals surface area contributed by atoms with Gasteiger partial charge in [0.15, 0.2) is 4.80 Å². The van der Waals surface area contributed by atoms with Gasteiger partial charge in [-0.25, -0.2) is 4.79 Å². The van der Waals surface area contributed by atoms with E-state index in [-0.39, 0.29) is 4.80 Å². The molecule has 0 radical (unpaired) electrons. The fourth-order valence-corrected chi connectivity index (χ4v) is 2.72. The Labute approximate surface area is 125 Å². The maximum atomic E-state index is 12.0. The van der Waals surface area contributed by atoms with Crippen molar-refractivity contribution in [3.8, 4) is 0 Å². The van der Waals surface area contributed by atoms with E-state index in [0.29, 0.717) is 10.2 Å². The molecule has 10 heteroatoms. The quantitative estimate of drug-likeness (QED) is 0.901. The van der Waals surface area contributed by atoms with Gasteiger partial charge in [0.2, 0.25) is 0 Å². The minimum atomic E-state index is -4.54. The molecule has 1 aromatic carbocycles. The second-order valence-electron chi connectivity index (χ2n) is 4.22. The Balaban J connectivity index is 2.38. The molecule has 0 aliphatic carbocycles. The number of carboxylic acid groups (broad SMARTS) is 1. The molecule has 22 heavy (non-hydrogen) atoms. The SMILES string of the molecule is O=C(O)Cn1c(=NC(=O)NCC(F)(F)F)sc2ccccc21. The van der Waals surface area contributed by atoms with Gasteiger partial charge in [-0.05, 0) is 12.1 Å². The van der Waals surface area contributed by atoms with E-state index in [1.807, 2.05) is 0 Å². The van der Waals surface area contributed by atoms with E-state index in [9.17, 15) is 22.8 Å². The lowest BCUT2D eigenvalue weighted by Crippen LogP contribution is -2.33. The van der Waals surface area contributed by atoms with Crippen LogP contribution in [0.25, 0.3) is 10.2 Å². The Kier molecular flexibility index (Phi) is 4.50. The van der Waals surface area contributed by atoms with Crippen LogP contribution in [0.3, 0.4) is 0 Å². The summed E-state index contributed by atoms with van der Waals surface area (Å²) in [6, 6.07) is 5.56. The molecule has 0 fully saturated rings. The fraction of sp³-hybridized carbons (Fsp3) is 0.250. The van der Waals surface area contributed by atoms with Crippen LogP contribution in [0.1, 0.15) is 0 Å². The average Bonchev–Trinajstić information content (AvgIpc) is 2.73. The van der Waals surface area contributed by atoms with Crippen LogP contribution in [0.4, 0.5) is 18.0 Å². The van der Waals surface area contributed by atoms with Crippen LogP contribution >= 0.6 is 11.3 Å². The lowest BCUT2D eigenvalue weighted by atomic mass is 10.3. The Hall–Kier alpha value is -2.36. The molecular formula is C12H10F3N3O3S. The largest absolute Gasteiger partial charge is 0.480 e. The number of halogens is 3. The standard InChI is InChI=1S/C12H10F3N3O3S/c13-12(14,15)6-16-10(21)17-11-18(5-9(19)20)7-3-1-2-4-8(7)22-11/h1-4H,5-6H2,(H,16,21)(H,19,20).